The van der Waals surface area contributed by atoms with Crippen LogP contribution in [-0.4, -0.2) is 22.8 Å². The van der Waals surface area contributed by atoms with Gasteiger partial charge in [0.15, 0.2) is 5.16 Å². The number of nitrogens with one attached hydrogen (secondary N) is 1. The molecule has 0 saturated carbocycles. The van der Waals surface area contributed by atoms with Crippen molar-refractivity contribution in [3.63, 3.8) is 0 Å². The van der Waals surface area contributed by atoms with Crippen molar-refractivity contribution >= 4 is 50.7 Å². The van der Waals surface area contributed by atoms with E-state index in [9.17, 15) is 0 Å². The lowest BCUT2D eigenvalue weighted by Gasteiger charge is -2.13. The Hall–Kier alpha value is -1.30. The minimum Gasteiger partial charge on any atom is -0.369 e. The summed E-state index contributed by atoms with van der Waals surface area (Å²) in [6, 6.07) is 8.06. The highest BCUT2D eigenvalue weighted by Crippen LogP contribution is 2.39. The molecule has 0 atom stereocenters. The SMILES string of the molecule is CSc1nc(NCCc2ccc(Cl)cc2)c2c3c(sc2n1)CCCC3. The Morgan fingerprint density at radius 2 is 1.96 bits per heavy atom. The lowest BCUT2D eigenvalue weighted by molar-refractivity contribution is 0.700. The van der Waals surface area contributed by atoms with Gasteiger partial charge in [-0.1, -0.05) is 35.5 Å². The maximum absolute atomic E-state index is 5.96. The molecule has 0 amide bonds. The van der Waals surface area contributed by atoms with E-state index in [2.05, 4.69) is 17.4 Å². The molecule has 1 aliphatic carbocycles. The molecular weight excluding hydrogens is 370 g/mol. The fraction of sp³-hybridized carbons (Fsp3) is 0.368. The third-order valence-electron chi connectivity index (χ3n) is 4.60. The highest BCUT2D eigenvalue weighted by atomic mass is 35.5. The highest BCUT2D eigenvalue weighted by Gasteiger charge is 2.20. The van der Waals surface area contributed by atoms with Crippen molar-refractivity contribution in [3.05, 3.63) is 45.3 Å². The molecule has 1 aromatic carbocycles. The minimum atomic E-state index is 0.781. The number of rotatable bonds is 5. The van der Waals surface area contributed by atoms with E-state index >= 15 is 0 Å². The van der Waals surface area contributed by atoms with E-state index in [1.807, 2.05) is 29.7 Å². The van der Waals surface area contributed by atoms with Crippen molar-refractivity contribution in [3.8, 4) is 0 Å². The Balaban J connectivity index is 1.60. The van der Waals surface area contributed by atoms with Gasteiger partial charge >= 0.3 is 0 Å². The number of anilines is 1. The predicted octanol–water partition coefficient (Wildman–Crippen LogP) is 5.60. The summed E-state index contributed by atoms with van der Waals surface area (Å²) in [5.41, 5.74) is 2.76. The van der Waals surface area contributed by atoms with Crippen LogP contribution in [0.3, 0.4) is 0 Å². The van der Waals surface area contributed by atoms with E-state index in [1.165, 1.54) is 40.7 Å². The number of thioether (sulfide) groups is 1. The third-order valence-corrected chi connectivity index (χ3v) is 6.58. The summed E-state index contributed by atoms with van der Waals surface area (Å²) in [7, 11) is 0. The Morgan fingerprint density at radius 3 is 2.76 bits per heavy atom. The summed E-state index contributed by atoms with van der Waals surface area (Å²) in [5.74, 6) is 1.00. The molecule has 4 rings (SSSR count). The molecule has 0 saturated heterocycles. The second kappa shape index (κ2) is 7.52. The molecule has 1 N–H and O–H groups in total. The normalized spacial score (nSPS) is 13.8. The summed E-state index contributed by atoms with van der Waals surface area (Å²) < 4.78 is 0. The van der Waals surface area contributed by atoms with E-state index in [0.29, 0.717) is 0 Å². The molecule has 6 heteroatoms. The number of aromatic nitrogens is 2. The largest absolute Gasteiger partial charge is 0.369 e. The summed E-state index contributed by atoms with van der Waals surface area (Å²) in [6.07, 6.45) is 7.89. The first-order chi connectivity index (χ1) is 12.2. The Kier molecular flexibility index (Phi) is 5.15. The first-order valence-electron chi connectivity index (χ1n) is 8.59. The zero-order valence-electron chi connectivity index (χ0n) is 14.1. The van der Waals surface area contributed by atoms with Crippen molar-refractivity contribution < 1.29 is 0 Å². The van der Waals surface area contributed by atoms with Gasteiger partial charge < -0.3 is 5.32 Å². The van der Waals surface area contributed by atoms with Crippen molar-refractivity contribution in [2.45, 2.75) is 37.3 Å². The van der Waals surface area contributed by atoms with Crippen molar-refractivity contribution in [1.29, 1.82) is 0 Å². The average Bonchev–Trinajstić information content (AvgIpc) is 3.01. The molecule has 3 aromatic rings. The number of halogens is 1. The third kappa shape index (κ3) is 3.64. The highest BCUT2D eigenvalue weighted by molar-refractivity contribution is 7.98. The van der Waals surface area contributed by atoms with Gasteiger partial charge in [0.1, 0.15) is 10.6 Å². The molecule has 2 heterocycles. The number of aryl methyl sites for hydroxylation is 2. The number of hydrogen-bond donors (Lipinski definition) is 1. The van der Waals surface area contributed by atoms with Crippen molar-refractivity contribution in [2.24, 2.45) is 0 Å². The number of nitrogens with zero attached hydrogens (tertiary/aromatic N) is 2. The fourth-order valence-electron chi connectivity index (χ4n) is 3.33. The van der Waals surface area contributed by atoms with Crippen LogP contribution in [0.4, 0.5) is 5.82 Å². The van der Waals surface area contributed by atoms with Gasteiger partial charge in [-0.25, -0.2) is 9.97 Å². The van der Waals surface area contributed by atoms with Gasteiger partial charge in [0.25, 0.3) is 0 Å². The molecule has 3 nitrogen and oxygen atoms in total. The molecule has 130 valence electrons. The monoisotopic (exact) mass is 389 g/mol. The van der Waals surface area contributed by atoms with Gasteiger partial charge in [0, 0.05) is 16.4 Å². The average molecular weight is 390 g/mol. The van der Waals surface area contributed by atoms with Crippen LogP contribution in [0.25, 0.3) is 10.2 Å². The van der Waals surface area contributed by atoms with Crippen LogP contribution in [0.5, 0.6) is 0 Å². The van der Waals surface area contributed by atoms with Gasteiger partial charge in [-0.2, -0.15) is 0 Å². The predicted molar refractivity (Wildman–Crippen MR) is 109 cm³/mol. The summed E-state index contributed by atoms with van der Waals surface area (Å²) >= 11 is 9.42. The van der Waals surface area contributed by atoms with Crippen molar-refractivity contribution in [1.82, 2.24) is 9.97 Å². The minimum absolute atomic E-state index is 0.781. The van der Waals surface area contributed by atoms with E-state index in [-0.39, 0.29) is 0 Å². The molecule has 0 bridgehead atoms. The molecule has 0 radical (unpaired) electrons. The fourth-order valence-corrected chi connectivity index (χ4v) is 5.14. The lowest BCUT2D eigenvalue weighted by atomic mass is 9.97. The van der Waals surface area contributed by atoms with Crippen LogP contribution < -0.4 is 5.32 Å². The topological polar surface area (TPSA) is 37.8 Å². The maximum atomic E-state index is 5.96. The van der Waals surface area contributed by atoms with Crippen LogP contribution in [-0.2, 0) is 19.3 Å². The molecular formula is C19H20ClN3S2. The standard InChI is InChI=1S/C19H20ClN3S2/c1-24-19-22-17(21-11-10-12-6-8-13(20)9-7-12)16-14-4-2-3-5-15(14)25-18(16)23-19/h6-9H,2-5,10-11H2,1H3,(H,21,22,23). The lowest BCUT2D eigenvalue weighted by Crippen LogP contribution is -2.08. The zero-order valence-corrected chi connectivity index (χ0v) is 16.5. The Labute approximate surface area is 161 Å². The molecule has 2 aromatic heterocycles. The van der Waals surface area contributed by atoms with E-state index in [0.717, 1.165) is 40.2 Å². The molecule has 0 unspecified atom stereocenters. The van der Waals surface area contributed by atoms with Gasteiger partial charge in [0.2, 0.25) is 0 Å². The molecule has 1 aliphatic rings. The Morgan fingerprint density at radius 1 is 1.16 bits per heavy atom. The number of hydrogen-bond acceptors (Lipinski definition) is 5. The molecule has 25 heavy (non-hydrogen) atoms. The van der Waals surface area contributed by atoms with Crippen LogP contribution >= 0.6 is 34.7 Å². The summed E-state index contributed by atoms with van der Waals surface area (Å²) in [6.45, 7) is 0.853. The smallest absolute Gasteiger partial charge is 0.190 e. The van der Waals surface area contributed by atoms with E-state index in [1.54, 1.807) is 11.8 Å². The quantitative estimate of drug-likeness (QED) is 0.455. The zero-order chi connectivity index (χ0) is 17.2. The van der Waals surface area contributed by atoms with Crippen LogP contribution in [0.1, 0.15) is 28.8 Å². The number of thiophene rings is 1. The molecule has 0 spiro atoms. The van der Waals surface area contributed by atoms with Gasteiger partial charge in [0.05, 0.1) is 5.39 Å². The second-order valence-corrected chi connectivity index (χ2v) is 8.55. The summed E-state index contributed by atoms with van der Waals surface area (Å²) in [4.78, 5) is 12.2. The van der Waals surface area contributed by atoms with Crippen LogP contribution in [0.15, 0.2) is 29.4 Å². The first kappa shape index (κ1) is 17.1. The van der Waals surface area contributed by atoms with Crippen LogP contribution in [0, 0.1) is 0 Å². The maximum Gasteiger partial charge on any atom is 0.190 e. The second-order valence-electron chi connectivity index (χ2n) is 6.25. The van der Waals surface area contributed by atoms with E-state index in [4.69, 9.17) is 21.6 Å². The van der Waals surface area contributed by atoms with Crippen molar-refractivity contribution in [2.75, 3.05) is 18.1 Å². The summed E-state index contributed by atoms with van der Waals surface area (Å²) in [5, 5.41) is 6.46. The molecule has 0 fully saturated rings. The van der Waals surface area contributed by atoms with Gasteiger partial charge in [-0.3, -0.25) is 0 Å². The Bertz CT molecular complexity index is 890. The first-order valence-corrected chi connectivity index (χ1v) is 11.0. The van der Waals surface area contributed by atoms with Crippen LogP contribution in [0.2, 0.25) is 5.02 Å². The molecule has 0 aliphatic heterocycles. The number of fused-ring (bicyclic) bond motifs is 3. The number of benzene rings is 1. The van der Waals surface area contributed by atoms with E-state index < -0.39 is 0 Å². The van der Waals surface area contributed by atoms with Gasteiger partial charge in [-0.05, 0) is 61.6 Å². The van der Waals surface area contributed by atoms with Gasteiger partial charge in [-0.15, -0.1) is 11.3 Å².